The number of nitrogens with zero attached hydrogens (tertiary/aromatic N) is 2. The van der Waals surface area contributed by atoms with E-state index in [1.54, 1.807) is 11.3 Å². The smallest absolute Gasteiger partial charge is 0.251 e. The highest BCUT2D eigenvalue weighted by atomic mass is 32.1. The Morgan fingerprint density at radius 2 is 2.19 bits per heavy atom. The molecule has 0 fully saturated rings. The molecule has 2 aromatic heterocycles. The lowest BCUT2D eigenvalue weighted by atomic mass is 10.3. The largest absolute Gasteiger partial charge is 0.310 e. The number of rotatable bonds is 3. The summed E-state index contributed by atoms with van der Waals surface area (Å²) in [6, 6.07) is 1.54. The first-order valence-electron chi connectivity index (χ1n) is 5.17. The quantitative estimate of drug-likeness (QED) is 0.880. The molecular weight excluding hydrogens is 222 g/mol. The fraction of sp³-hybridized carbons (Fsp3) is 0.364. The van der Waals surface area contributed by atoms with Crippen LogP contribution in [-0.2, 0) is 12.8 Å². The number of aryl methyl sites for hydroxylation is 2. The van der Waals surface area contributed by atoms with Crippen LogP contribution >= 0.6 is 11.3 Å². The van der Waals surface area contributed by atoms with E-state index in [4.69, 9.17) is 0 Å². The highest BCUT2D eigenvalue weighted by Gasteiger charge is 2.04. The summed E-state index contributed by atoms with van der Waals surface area (Å²) in [5.41, 5.74) is 1.69. The molecule has 0 atom stereocenters. The molecule has 16 heavy (non-hydrogen) atoms. The molecule has 2 heterocycles. The van der Waals surface area contributed by atoms with Gasteiger partial charge in [0.25, 0.3) is 5.56 Å². The van der Waals surface area contributed by atoms with E-state index in [1.165, 1.54) is 6.07 Å². The van der Waals surface area contributed by atoms with Crippen molar-refractivity contribution in [2.45, 2.75) is 26.7 Å². The topological polar surface area (TPSA) is 58.6 Å². The molecule has 0 spiro atoms. The third-order valence-corrected chi connectivity index (χ3v) is 3.04. The molecule has 0 saturated heterocycles. The second kappa shape index (κ2) is 4.57. The molecular formula is C11H13N3OS. The van der Waals surface area contributed by atoms with Crippen LogP contribution in [0.25, 0.3) is 0 Å². The Morgan fingerprint density at radius 1 is 1.38 bits per heavy atom. The fourth-order valence-electron chi connectivity index (χ4n) is 1.49. The third-order valence-electron chi connectivity index (χ3n) is 2.22. The highest BCUT2D eigenvalue weighted by molar-refractivity contribution is 7.09. The standard InChI is InChI=1S/C11H13N3OS/c1-3-8-5-11(15)14-10(13-8)4-9-6-16-7(2)12-9/h5-6H,3-4H2,1-2H3,(H,13,14,15). The number of H-pyrrole nitrogens is 1. The van der Waals surface area contributed by atoms with Crippen molar-refractivity contribution in [3.8, 4) is 0 Å². The van der Waals surface area contributed by atoms with Crippen LogP contribution < -0.4 is 5.56 Å². The number of nitrogens with one attached hydrogen (secondary N) is 1. The van der Waals surface area contributed by atoms with Crippen LogP contribution in [0.5, 0.6) is 0 Å². The number of thiazole rings is 1. The van der Waals surface area contributed by atoms with E-state index in [9.17, 15) is 4.79 Å². The van der Waals surface area contributed by atoms with E-state index in [-0.39, 0.29) is 5.56 Å². The molecule has 0 aliphatic heterocycles. The summed E-state index contributed by atoms with van der Waals surface area (Å²) < 4.78 is 0. The van der Waals surface area contributed by atoms with Gasteiger partial charge < -0.3 is 4.98 Å². The van der Waals surface area contributed by atoms with Gasteiger partial charge in [0.1, 0.15) is 5.82 Å². The second-order valence-electron chi connectivity index (χ2n) is 3.57. The maximum absolute atomic E-state index is 11.4. The van der Waals surface area contributed by atoms with Crippen LogP contribution in [0.1, 0.15) is 29.1 Å². The van der Waals surface area contributed by atoms with Gasteiger partial charge in [-0.3, -0.25) is 4.79 Å². The van der Waals surface area contributed by atoms with E-state index < -0.39 is 0 Å². The summed E-state index contributed by atoms with van der Waals surface area (Å²) >= 11 is 1.61. The molecule has 0 bridgehead atoms. The van der Waals surface area contributed by atoms with Crippen molar-refractivity contribution < 1.29 is 0 Å². The first-order chi connectivity index (χ1) is 7.67. The minimum absolute atomic E-state index is 0.0891. The molecule has 4 nitrogen and oxygen atoms in total. The van der Waals surface area contributed by atoms with Gasteiger partial charge in [-0.1, -0.05) is 6.92 Å². The van der Waals surface area contributed by atoms with Crippen molar-refractivity contribution in [1.82, 2.24) is 15.0 Å². The number of aromatic nitrogens is 3. The van der Waals surface area contributed by atoms with Gasteiger partial charge in [0.05, 0.1) is 10.7 Å². The van der Waals surface area contributed by atoms with Gasteiger partial charge >= 0.3 is 0 Å². The summed E-state index contributed by atoms with van der Waals surface area (Å²) in [7, 11) is 0. The minimum Gasteiger partial charge on any atom is -0.310 e. The van der Waals surface area contributed by atoms with Crippen molar-refractivity contribution in [2.24, 2.45) is 0 Å². The molecule has 0 aromatic carbocycles. The van der Waals surface area contributed by atoms with Gasteiger partial charge in [-0.2, -0.15) is 0 Å². The SMILES string of the molecule is CCc1cc(=O)[nH]c(Cc2csc(C)n2)n1. The summed E-state index contributed by atoms with van der Waals surface area (Å²) in [6.07, 6.45) is 1.36. The first-order valence-corrected chi connectivity index (χ1v) is 6.05. The van der Waals surface area contributed by atoms with Crippen molar-refractivity contribution in [1.29, 1.82) is 0 Å². The highest BCUT2D eigenvalue weighted by Crippen LogP contribution is 2.10. The van der Waals surface area contributed by atoms with Crippen LogP contribution in [0.4, 0.5) is 0 Å². The van der Waals surface area contributed by atoms with E-state index >= 15 is 0 Å². The van der Waals surface area contributed by atoms with Gasteiger partial charge in [-0.25, -0.2) is 9.97 Å². The fourth-order valence-corrected chi connectivity index (χ4v) is 2.10. The average Bonchev–Trinajstić information content (AvgIpc) is 2.63. The molecule has 2 aromatic rings. The summed E-state index contributed by atoms with van der Waals surface area (Å²) in [5, 5.41) is 3.03. The predicted octanol–water partition coefficient (Wildman–Crippen LogP) is 1.69. The van der Waals surface area contributed by atoms with E-state index in [1.807, 2.05) is 19.2 Å². The Morgan fingerprint density at radius 3 is 2.81 bits per heavy atom. The van der Waals surface area contributed by atoms with Gasteiger partial charge in [-0.15, -0.1) is 11.3 Å². The third kappa shape index (κ3) is 2.55. The first kappa shape index (κ1) is 11.0. The molecule has 0 radical (unpaired) electrons. The summed E-state index contributed by atoms with van der Waals surface area (Å²) in [4.78, 5) is 22.8. The molecule has 0 unspecified atom stereocenters. The molecule has 84 valence electrons. The normalized spacial score (nSPS) is 10.6. The molecule has 5 heteroatoms. The van der Waals surface area contributed by atoms with Crippen molar-refractivity contribution in [3.63, 3.8) is 0 Å². The Bertz CT molecular complexity index is 544. The maximum Gasteiger partial charge on any atom is 0.251 e. The van der Waals surface area contributed by atoms with Crippen molar-refractivity contribution >= 4 is 11.3 Å². The lowest BCUT2D eigenvalue weighted by Gasteiger charge is -2.00. The predicted molar refractivity (Wildman–Crippen MR) is 63.9 cm³/mol. The summed E-state index contributed by atoms with van der Waals surface area (Å²) in [5.74, 6) is 0.689. The zero-order valence-corrected chi connectivity index (χ0v) is 10.1. The number of hydrogen-bond donors (Lipinski definition) is 1. The van der Waals surface area contributed by atoms with Crippen LogP contribution in [0.15, 0.2) is 16.2 Å². The van der Waals surface area contributed by atoms with Crippen LogP contribution in [-0.4, -0.2) is 15.0 Å². The Labute approximate surface area is 97.4 Å². The number of hydrogen-bond acceptors (Lipinski definition) is 4. The van der Waals surface area contributed by atoms with Crippen LogP contribution in [0, 0.1) is 6.92 Å². The van der Waals surface area contributed by atoms with E-state index in [2.05, 4.69) is 15.0 Å². The lowest BCUT2D eigenvalue weighted by Crippen LogP contribution is -2.12. The van der Waals surface area contributed by atoms with Gasteiger partial charge in [0.2, 0.25) is 0 Å². The van der Waals surface area contributed by atoms with Crippen molar-refractivity contribution in [2.75, 3.05) is 0 Å². The lowest BCUT2D eigenvalue weighted by molar-refractivity contribution is 0.875. The number of aromatic amines is 1. The van der Waals surface area contributed by atoms with E-state index in [0.29, 0.717) is 12.2 Å². The van der Waals surface area contributed by atoms with Gasteiger partial charge in [0.15, 0.2) is 0 Å². The molecule has 0 aliphatic carbocycles. The minimum atomic E-state index is -0.0891. The average molecular weight is 235 g/mol. The molecule has 2 rings (SSSR count). The van der Waals surface area contributed by atoms with Gasteiger partial charge in [0, 0.05) is 23.6 Å². The van der Waals surface area contributed by atoms with E-state index in [0.717, 1.165) is 22.8 Å². The van der Waals surface area contributed by atoms with Gasteiger partial charge in [-0.05, 0) is 13.3 Å². The molecule has 0 aliphatic rings. The second-order valence-corrected chi connectivity index (χ2v) is 4.63. The zero-order chi connectivity index (χ0) is 11.5. The summed E-state index contributed by atoms with van der Waals surface area (Å²) in [6.45, 7) is 3.95. The monoisotopic (exact) mass is 235 g/mol. The molecule has 0 amide bonds. The Hall–Kier alpha value is -1.49. The Balaban J connectivity index is 2.27. The maximum atomic E-state index is 11.4. The zero-order valence-electron chi connectivity index (χ0n) is 9.28. The molecule has 1 N–H and O–H groups in total. The Kier molecular flexibility index (Phi) is 3.14. The van der Waals surface area contributed by atoms with Crippen LogP contribution in [0.3, 0.4) is 0 Å². The van der Waals surface area contributed by atoms with Crippen molar-refractivity contribution in [3.05, 3.63) is 44.0 Å². The molecule has 0 saturated carbocycles. The van der Waals surface area contributed by atoms with Crippen LogP contribution in [0.2, 0.25) is 0 Å².